The smallest absolute Gasteiger partial charge is 0.160 e. The van der Waals surface area contributed by atoms with Crippen LogP contribution < -0.4 is 10.6 Å². The third kappa shape index (κ3) is 4.89. The van der Waals surface area contributed by atoms with Gasteiger partial charge in [0.15, 0.2) is 6.30 Å². The van der Waals surface area contributed by atoms with Crippen LogP contribution in [0.4, 0.5) is 4.39 Å². The summed E-state index contributed by atoms with van der Waals surface area (Å²) in [7, 11) is 0. The summed E-state index contributed by atoms with van der Waals surface area (Å²) in [6.07, 6.45) is -0.940. The van der Waals surface area contributed by atoms with Crippen molar-refractivity contribution in [1.82, 2.24) is 10.6 Å². The predicted molar refractivity (Wildman–Crippen MR) is 78.6 cm³/mol. The number of piperidine rings is 1. The molecule has 5 heteroatoms. The molecule has 0 aromatic carbocycles. The molecule has 3 atom stereocenters. The Morgan fingerprint density at radius 2 is 2.12 bits per heavy atom. The van der Waals surface area contributed by atoms with Crippen LogP contribution in [0.15, 0.2) is 9.49 Å². The first-order valence-corrected chi connectivity index (χ1v) is 7.65. The highest BCUT2D eigenvalue weighted by molar-refractivity contribution is 14.1. The molecule has 0 amide bonds. The van der Waals surface area contributed by atoms with Crippen LogP contribution in [0.1, 0.15) is 13.8 Å². The van der Waals surface area contributed by atoms with E-state index in [9.17, 15) is 4.39 Å². The molecule has 0 aliphatic carbocycles. The van der Waals surface area contributed by atoms with Crippen molar-refractivity contribution in [3.63, 3.8) is 0 Å². The topological polar surface area (TPSA) is 24.1 Å². The highest BCUT2D eigenvalue weighted by atomic mass is 127. The van der Waals surface area contributed by atoms with Gasteiger partial charge in [0.25, 0.3) is 0 Å². The lowest BCUT2D eigenvalue weighted by atomic mass is 9.87. The molecule has 0 spiro atoms. The zero-order valence-electron chi connectivity index (χ0n) is 9.80. The zero-order chi connectivity index (χ0) is 12.1. The second kappa shape index (κ2) is 7.18. The molecule has 1 fully saturated rings. The second-order valence-electron chi connectivity index (χ2n) is 4.44. The summed E-state index contributed by atoms with van der Waals surface area (Å²) < 4.78 is 14.6. The fourth-order valence-electron chi connectivity index (χ4n) is 2.10. The van der Waals surface area contributed by atoms with E-state index < -0.39 is 6.30 Å². The quantitative estimate of drug-likeness (QED) is 0.584. The monoisotopic (exact) mass is 358 g/mol. The van der Waals surface area contributed by atoms with Gasteiger partial charge in [0.1, 0.15) is 0 Å². The van der Waals surface area contributed by atoms with E-state index in [1.54, 1.807) is 0 Å². The van der Waals surface area contributed by atoms with Gasteiger partial charge in [-0.15, -0.1) is 11.8 Å². The van der Waals surface area contributed by atoms with Crippen LogP contribution in [0, 0.1) is 11.8 Å². The molecule has 2 N–H and O–H groups in total. The van der Waals surface area contributed by atoms with Gasteiger partial charge in [-0.2, -0.15) is 0 Å². The van der Waals surface area contributed by atoms with E-state index in [4.69, 9.17) is 0 Å². The molecule has 0 saturated carbocycles. The highest BCUT2D eigenvalue weighted by Crippen LogP contribution is 2.23. The molecule has 2 nitrogen and oxygen atoms in total. The van der Waals surface area contributed by atoms with E-state index in [-0.39, 0.29) is 6.04 Å². The van der Waals surface area contributed by atoms with Crippen molar-refractivity contribution >= 4 is 34.4 Å². The predicted octanol–water partition coefficient (Wildman–Crippen LogP) is 2.76. The first-order valence-electron chi connectivity index (χ1n) is 5.58. The summed E-state index contributed by atoms with van der Waals surface area (Å²) in [6, 6.07) is 0.277. The molecule has 0 radical (unpaired) electrons. The summed E-state index contributed by atoms with van der Waals surface area (Å²) in [5, 5.41) is 6.46. The van der Waals surface area contributed by atoms with E-state index >= 15 is 0 Å². The van der Waals surface area contributed by atoms with Gasteiger partial charge in [0.2, 0.25) is 0 Å². The van der Waals surface area contributed by atoms with Gasteiger partial charge in [-0.3, -0.25) is 5.32 Å². The normalized spacial score (nSPS) is 32.4. The number of nitrogens with one attached hydrogen (secondary N) is 2. The molecule has 1 heterocycles. The summed E-state index contributed by atoms with van der Waals surface area (Å²) in [4.78, 5) is 0. The maximum atomic E-state index is 13.7. The van der Waals surface area contributed by atoms with Crippen molar-refractivity contribution in [1.29, 1.82) is 0 Å². The van der Waals surface area contributed by atoms with Crippen LogP contribution in [0.2, 0.25) is 0 Å². The summed E-state index contributed by atoms with van der Waals surface area (Å²) in [5.41, 5.74) is 0. The molecule has 1 saturated heterocycles. The van der Waals surface area contributed by atoms with E-state index in [0.717, 1.165) is 16.0 Å². The Morgan fingerprint density at radius 1 is 1.56 bits per heavy atom. The Kier molecular flexibility index (Phi) is 6.61. The van der Waals surface area contributed by atoms with Crippen LogP contribution >= 0.6 is 34.4 Å². The van der Waals surface area contributed by atoms with Crippen molar-refractivity contribution < 1.29 is 4.39 Å². The molecule has 1 rings (SSSR count). The Morgan fingerprint density at radius 3 is 2.62 bits per heavy atom. The molecular weight excluding hydrogens is 338 g/mol. The minimum Gasteiger partial charge on any atom is -0.316 e. The van der Waals surface area contributed by atoms with Crippen LogP contribution in [0.5, 0.6) is 0 Å². The summed E-state index contributed by atoms with van der Waals surface area (Å²) in [5.74, 6) is 1.41. The lowest BCUT2D eigenvalue weighted by Crippen LogP contribution is -2.54. The molecular formula is C11H20FIN2S. The standard InChI is InChI=1S/C11H20FIN2S/c1-7-4-14-5-8(2)11(7)15-10(12)6-16-9(3)13/h7-8,10-11,14-15H,3-6H2,1-2H3. The van der Waals surface area contributed by atoms with Crippen LogP contribution in [-0.2, 0) is 0 Å². The summed E-state index contributed by atoms with van der Waals surface area (Å²) >= 11 is 3.59. The fourth-order valence-corrected chi connectivity index (χ4v) is 3.07. The number of hydrogen-bond donors (Lipinski definition) is 2. The molecule has 3 unspecified atom stereocenters. The van der Waals surface area contributed by atoms with Gasteiger partial charge in [0.05, 0.1) is 0 Å². The maximum absolute atomic E-state index is 13.7. The first kappa shape index (κ1) is 14.7. The summed E-state index contributed by atoms with van der Waals surface area (Å²) in [6.45, 7) is 10.0. The Bertz CT molecular complexity index is 230. The molecule has 1 aliphatic rings. The molecule has 16 heavy (non-hydrogen) atoms. The average Bonchev–Trinajstić information content (AvgIpc) is 2.21. The molecule has 94 valence electrons. The molecule has 0 aromatic rings. The van der Waals surface area contributed by atoms with Gasteiger partial charge in [-0.1, -0.05) is 20.4 Å². The van der Waals surface area contributed by atoms with Gasteiger partial charge < -0.3 is 5.32 Å². The largest absolute Gasteiger partial charge is 0.316 e. The average molecular weight is 358 g/mol. The Balaban J connectivity index is 2.35. The first-order chi connectivity index (χ1) is 7.50. The van der Waals surface area contributed by atoms with Crippen molar-refractivity contribution in [3.05, 3.63) is 9.49 Å². The number of alkyl halides is 1. The van der Waals surface area contributed by atoms with Crippen LogP contribution in [-0.4, -0.2) is 31.2 Å². The number of hydrogen-bond acceptors (Lipinski definition) is 3. The number of thioether (sulfide) groups is 1. The Hall–Kier alpha value is 0.670. The van der Waals surface area contributed by atoms with Crippen LogP contribution in [0.25, 0.3) is 0 Å². The highest BCUT2D eigenvalue weighted by Gasteiger charge is 2.29. The third-order valence-electron chi connectivity index (χ3n) is 2.92. The van der Waals surface area contributed by atoms with Crippen molar-refractivity contribution in [2.75, 3.05) is 18.8 Å². The molecule has 1 aliphatic heterocycles. The maximum Gasteiger partial charge on any atom is 0.160 e. The minimum atomic E-state index is -0.940. The van der Waals surface area contributed by atoms with E-state index in [1.165, 1.54) is 11.8 Å². The minimum absolute atomic E-state index is 0.277. The van der Waals surface area contributed by atoms with Crippen molar-refractivity contribution in [2.24, 2.45) is 11.8 Å². The lowest BCUT2D eigenvalue weighted by molar-refractivity contribution is 0.167. The Labute approximate surface area is 115 Å². The fraction of sp³-hybridized carbons (Fsp3) is 0.818. The van der Waals surface area contributed by atoms with Crippen LogP contribution in [0.3, 0.4) is 0 Å². The van der Waals surface area contributed by atoms with Crippen molar-refractivity contribution in [3.8, 4) is 0 Å². The molecule has 0 bridgehead atoms. The van der Waals surface area contributed by atoms with Gasteiger partial charge in [-0.25, -0.2) is 4.39 Å². The van der Waals surface area contributed by atoms with E-state index in [0.29, 0.717) is 17.6 Å². The second-order valence-corrected chi connectivity index (χ2v) is 7.59. The van der Waals surface area contributed by atoms with Gasteiger partial charge in [0, 0.05) is 14.7 Å². The lowest BCUT2D eigenvalue weighted by Gasteiger charge is -2.36. The zero-order valence-corrected chi connectivity index (χ0v) is 12.8. The van der Waals surface area contributed by atoms with Crippen molar-refractivity contribution in [2.45, 2.75) is 26.2 Å². The SMILES string of the molecule is C=C(I)SCC(F)NC1C(C)CNCC1C. The van der Waals surface area contributed by atoms with Gasteiger partial charge >= 0.3 is 0 Å². The molecule has 0 aromatic heterocycles. The third-order valence-corrected chi connectivity index (χ3v) is 4.63. The van der Waals surface area contributed by atoms with E-state index in [1.807, 2.05) is 0 Å². The number of rotatable bonds is 5. The van der Waals surface area contributed by atoms with Gasteiger partial charge in [-0.05, 0) is 47.5 Å². The van der Waals surface area contributed by atoms with E-state index in [2.05, 4.69) is 53.7 Å². The number of halogens is 2.